The van der Waals surface area contributed by atoms with Crippen molar-refractivity contribution in [1.29, 1.82) is 0 Å². The molecular weight excluding hydrogens is 340 g/mol. The van der Waals surface area contributed by atoms with Crippen LogP contribution in [0, 0.1) is 11.7 Å². The Balaban J connectivity index is 2.01. The molecule has 0 unspecified atom stereocenters. The van der Waals surface area contributed by atoms with Gasteiger partial charge in [-0.3, -0.25) is 4.79 Å². The minimum atomic E-state index is -4.90. The molecule has 0 spiro atoms. The first-order valence-corrected chi connectivity index (χ1v) is 7.27. The van der Waals surface area contributed by atoms with Gasteiger partial charge in [0.15, 0.2) is 5.71 Å². The summed E-state index contributed by atoms with van der Waals surface area (Å²) in [6.07, 6.45) is -6.70. The van der Waals surface area contributed by atoms with Gasteiger partial charge in [-0.1, -0.05) is 30.3 Å². The normalized spacial score (nSPS) is 19.1. The molecule has 3 rings (SSSR count). The van der Waals surface area contributed by atoms with Crippen molar-refractivity contribution in [2.45, 2.75) is 12.3 Å². The van der Waals surface area contributed by atoms with Crippen LogP contribution >= 0.6 is 0 Å². The van der Waals surface area contributed by atoms with Gasteiger partial charge in [-0.2, -0.15) is 23.3 Å². The number of rotatable bonds is 3. The Hall–Kier alpha value is -2.74. The Kier molecular flexibility index (Phi) is 4.30. The molecular formula is C17H12F4N2O2. The molecule has 1 amide bonds. The highest BCUT2D eigenvalue weighted by atomic mass is 19.4. The maximum Gasteiger partial charge on any atom is 0.432 e. The molecule has 4 nitrogen and oxygen atoms in total. The quantitative estimate of drug-likeness (QED) is 0.861. The van der Waals surface area contributed by atoms with Gasteiger partial charge < -0.3 is 5.11 Å². The van der Waals surface area contributed by atoms with Gasteiger partial charge in [0.05, 0.1) is 11.8 Å². The number of hydrogen-bond acceptors (Lipinski definition) is 3. The van der Waals surface area contributed by atoms with Crippen LogP contribution in [0.25, 0.3) is 0 Å². The highest BCUT2D eigenvalue weighted by molar-refractivity contribution is 6.17. The van der Waals surface area contributed by atoms with Crippen LogP contribution in [0.3, 0.4) is 0 Å². The van der Waals surface area contributed by atoms with Crippen molar-refractivity contribution < 1.29 is 27.5 Å². The molecule has 0 saturated carbocycles. The fraction of sp³-hybridized carbons (Fsp3) is 0.176. The zero-order valence-electron chi connectivity index (χ0n) is 12.6. The summed E-state index contributed by atoms with van der Waals surface area (Å²) < 4.78 is 53.0. The van der Waals surface area contributed by atoms with Gasteiger partial charge in [-0.25, -0.2) is 4.39 Å². The molecule has 0 bridgehead atoms. The number of aliphatic hydroxyl groups excluding tert-OH is 1. The predicted molar refractivity (Wildman–Crippen MR) is 82.3 cm³/mol. The molecule has 0 aromatic heterocycles. The predicted octanol–water partition coefficient (Wildman–Crippen LogP) is 3.44. The smallest absolute Gasteiger partial charge is 0.387 e. The number of benzene rings is 2. The summed E-state index contributed by atoms with van der Waals surface area (Å²) in [5.74, 6) is -3.54. The Morgan fingerprint density at radius 2 is 1.64 bits per heavy atom. The maximum atomic E-state index is 13.3. The van der Waals surface area contributed by atoms with Gasteiger partial charge >= 0.3 is 6.18 Å². The molecule has 1 aliphatic rings. The molecule has 2 aromatic carbocycles. The molecule has 1 N–H and O–H groups in total. The summed E-state index contributed by atoms with van der Waals surface area (Å²) in [6.45, 7) is 0. The van der Waals surface area contributed by atoms with Gasteiger partial charge in [0.1, 0.15) is 11.7 Å². The second-order valence-electron chi connectivity index (χ2n) is 5.44. The molecule has 0 aliphatic carbocycles. The lowest BCUT2D eigenvalue weighted by molar-refractivity contribution is -0.123. The van der Waals surface area contributed by atoms with Crippen LogP contribution in [0.15, 0.2) is 59.7 Å². The third-order valence-corrected chi connectivity index (χ3v) is 3.80. The number of alkyl halides is 3. The molecule has 2 aromatic rings. The number of para-hydroxylation sites is 1. The first-order valence-electron chi connectivity index (χ1n) is 7.27. The third kappa shape index (κ3) is 3.25. The lowest BCUT2D eigenvalue weighted by Crippen LogP contribution is -2.37. The number of hydrazone groups is 1. The minimum absolute atomic E-state index is 0.00777. The van der Waals surface area contributed by atoms with Gasteiger partial charge in [-0.05, 0) is 29.8 Å². The van der Waals surface area contributed by atoms with Crippen molar-refractivity contribution in [2.75, 3.05) is 5.01 Å². The fourth-order valence-corrected chi connectivity index (χ4v) is 2.59. The van der Waals surface area contributed by atoms with Crippen molar-refractivity contribution >= 4 is 17.3 Å². The Morgan fingerprint density at radius 1 is 1.04 bits per heavy atom. The van der Waals surface area contributed by atoms with E-state index in [-0.39, 0.29) is 11.3 Å². The number of carbonyl (C=O) groups is 1. The lowest BCUT2D eigenvalue weighted by Gasteiger charge is -2.20. The van der Waals surface area contributed by atoms with Gasteiger partial charge in [0.2, 0.25) is 0 Å². The Morgan fingerprint density at radius 3 is 2.20 bits per heavy atom. The van der Waals surface area contributed by atoms with Crippen LogP contribution in [0.4, 0.5) is 23.2 Å². The van der Waals surface area contributed by atoms with Crippen molar-refractivity contribution in [3.8, 4) is 0 Å². The SMILES string of the molecule is O=C1[C@H]([C@H](O)c2ccc(F)cc2)C(C(F)(F)F)=NN1c1ccccc1. The highest BCUT2D eigenvalue weighted by Gasteiger charge is 2.53. The lowest BCUT2D eigenvalue weighted by atomic mass is 9.91. The van der Waals surface area contributed by atoms with E-state index < -0.39 is 35.6 Å². The molecule has 0 fully saturated rings. The molecule has 130 valence electrons. The van der Waals surface area contributed by atoms with Crippen LogP contribution in [-0.2, 0) is 4.79 Å². The molecule has 1 aliphatic heterocycles. The summed E-state index contributed by atoms with van der Waals surface area (Å²) in [7, 11) is 0. The number of aliphatic hydroxyl groups is 1. The Labute approximate surface area is 140 Å². The van der Waals surface area contributed by atoms with Gasteiger partial charge in [-0.15, -0.1) is 0 Å². The monoisotopic (exact) mass is 352 g/mol. The van der Waals surface area contributed by atoms with E-state index in [1.807, 2.05) is 0 Å². The summed E-state index contributed by atoms with van der Waals surface area (Å²) in [5.41, 5.74) is -1.24. The van der Waals surface area contributed by atoms with Crippen molar-refractivity contribution in [3.63, 3.8) is 0 Å². The summed E-state index contributed by atoms with van der Waals surface area (Å²) >= 11 is 0. The largest absolute Gasteiger partial charge is 0.432 e. The van der Waals surface area contributed by atoms with Crippen LogP contribution < -0.4 is 5.01 Å². The number of nitrogens with zero attached hydrogens (tertiary/aromatic N) is 2. The van der Waals surface area contributed by atoms with Gasteiger partial charge in [0.25, 0.3) is 5.91 Å². The molecule has 8 heteroatoms. The van der Waals surface area contributed by atoms with Crippen molar-refractivity contribution in [3.05, 3.63) is 66.0 Å². The Bertz CT molecular complexity index is 804. The summed E-state index contributed by atoms with van der Waals surface area (Å²) in [5, 5.41) is 14.4. The van der Waals surface area contributed by atoms with E-state index in [9.17, 15) is 27.5 Å². The number of halogens is 4. The van der Waals surface area contributed by atoms with Crippen molar-refractivity contribution in [1.82, 2.24) is 0 Å². The van der Waals surface area contributed by atoms with E-state index in [4.69, 9.17) is 0 Å². The molecule has 1 heterocycles. The molecule has 25 heavy (non-hydrogen) atoms. The zero-order chi connectivity index (χ0) is 18.2. The van der Waals surface area contributed by atoms with E-state index in [2.05, 4.69) is 5.10 Å². The second-order valence-corrected chi connectivity index (χ2v) is 5.44. The maximum absolute atomic E-state index is 13.3. The second kappa shape index (κ2) is 6.29. The molecule has 0 radical (unpaired) electrons. The van der Waals surface area contributed by atoms with Crippen LogP contribution in [0.2, 0.25) is 0 Å². The fourth-order valence-electron chi connectivity index (χ4n) is 2.59. The first-order chi connectivity index (χ1) is 11.8. The van der Waals surface area contributed by atoms with Crippen LogP contribution in [-0.4, -0.2) is 22.9 Å². The minimum Gasteiger partial charge on any atom is -0.387 e. The van der Waals surface area contributed by atoms with Crippen LogP contribution in [0.5, 0.6) is 0 Å². The number of anilines is 1. The summed E-state index contributed by atoms with van der Waals surface area (Å²) in [6, 6.07) is 11.9. The third-order valence-electron chi connectivity index (χ3n) is 3.80. The molecule has 0 saturated heterocycles. The van der Waals surface area contributed by atoms with E-state index in [0.717, 1.165) is 24.3 Å². The van der Waals surface area contributed by atoms with Crippen molar-refractivity contribution in [2.24, 2.45) is 11.0 Å². The number of carbonyl (C=O) groups excluding carboxylic acids is 1. The van der Waals surface area contributed by atoms with Gasteiger partial charge in [0, 0.05) is 0 Å². The average Bonchev–Trinajstić information content (AvgIpc) is 2.93. The topological polar surface area (TPSA) is 52.9 Å². The van der Waals surface area contributed by atoms with Crippen LogP contribution in [0.1, 0.15) is 11.7 Å². The summed E-state index contributed by atoms with van der Waals surface area (Å²) in [4.78, 5) is 12.5. The number of hydrogen-bond donors (Lipinski definition) is 1. The van der Waals surface area contributed by atoms with E-state index in [1.54, 1.807) is 18.2 Å². The zero-order valence-corrected chi connectivity index (χ0v) is 12.6. The first kappa shape index (κ1) is 17.1. The van der Waals surface area contributed by atoms with E-state index in [0.29, 0.717) is 5.01 Å². The average molecular weight is 352 g/mol. The highest BCUT2D eigenvalue weighted by Crippen LogP contribution is 2.38. The molecule has 2 atom stereocenters. The number of amides is 1. The van der Waals surface area contributed by atoms with E-state index >= 15 is 0 Å². The standard InChI is InChI=1S/C17H12F4N2O2/c18-11-8-6-10(7-9-11)14(24)13-15(17(19,20)21)22-23(16(13)25)12-4-2-1-3-5-12/h1-9,13-14,24H/t13-,14-/m1/s1. The van der Waals surface area contributed by atoms with E-state index in [1.165, 1.54) is 12.1 Å².